The van der Waals surface area contributed by atoms with Crippen molar-refractivity contribution in [1.29, 1.82) is 0 Å². The van der Waals surface area contributed by atoms with E-state index < -0.39 is 0 Å². The van der Waals surface area contributed by atoms with E-state index in [2.05, 4.69) is 66.1 Å². The Balaban J connectivity index is 1.86. The van der Waals surface area contributed by atoms with E-state index >= 15 is 0 Å². The molecule has 0 aromatic heterocycles. The molecule has 0 saturated carbocycles. The first-order valence-electron chi connectivity index (χ1n) is 5.99. The average Bonchev–Trinajstić information content (AvgIpc) is 2.39. The number of benzene rings is 2. The maximum Gasteiger partial charge on any atom is 0.0687 e. The van der Waals surface area contributed by atoms with E-state index in [0.717, 1.165) is 6.54 Å². The van der Waals surface area contributed by atoms with Crippen molar-refractivity contribution in [2.75, 3.05) is 17.2 Å². The summed E-state index contributed by atoms with van der Waals surface area (Å²) in [6.07, 6.45) is 0. The van der Waals surface area contributed by atoms with Crippen molar-refractivity contribution in [3.63, 3.8) is 0 Å². The van der Waals surface area contributed by atoms with E-state index in [0.29, 0.717) is 6.04 Å². The Morgan fingerprint density at radius 2 is 1.65 bits per heavy atom. The molecule has 86 valence electrons. The second kappa shape index (κ2) is 4.13. The third-order valence-corrected chi connectivity index (χ3v) is 3.23. The molecule has 0 spiro atoms. The van der Waals surface area contributed by atoms with Crippen LogP contribution in [0.4, 0.5) is 11.4 Å². The number of para-hydroxylation sites is 2. The van der Waals surface area contributed by atoms with Crippen LogP contribution < -0.4 is 10.6 Å². The van der Waals surface area contributed by atoms with Crippen LogP contribution in [-0.2, 0) is 0 Å². The van der Waals surface area contributed by atoms with Crippen LogP contribution >= 0.6 is 0 Å². The molecule has 1 atom stereocenters. The molecule has 2 N–H and O–H groups in total. The van der Waals surface area contributed by atoms with Crippen LogP contribution in [0.25, 0.3) is 0 Å². The summed E-state index contributed by atoms with van der Waals surface area (Å²) in [5, 5.41) is 7.03. The summed E-state index contributed by atoms with van der Waals surface area (Å²) >= 11 is 0. The number of aryl methyl sites for hydroxylation is 1. The first-order chi connectivity index (χ1) is 8.33. The average molecular weight is 224 g/mol. The van der Waals surface area contributed by atoms with Gasteiger partial charge in [-0.2, -0.15) is 0 Å². The molecule has 3 rings (SSSR count). The Hall–Kier alpha value is -1.96. The van der Waals surface area contributed by atoms with Crippen molar-refractivity contribution in [1.82, 2.24) is 0 Å². The van der Waals surface area contributed by atoms with E-state index in [1.165, 1.54) is 22.5 Å². The molecule has 0 aliphatic carbocycles. The van der Waals surface area contributed by atoms with Gasteiger partial charge in [0.05, 0.1) is 17.4 Å². The lowest BCUT2D eigenvalue weighted by Crippen LogP contribution is -2.25. The Bertz CT molecular complexity index is 517. The monoisotopic (exact) mass is 224 g/mol. The second-order valence-electron chi connectivity index (χ2n) is 4.53. The lowest BCUT2D eigenvalue weighted by Gasteiger charge is -2.28. The molecular weight excluding hydrogens is 208 g/mol. The summed E-state index contributed by atoms with van der Waals surface area (Å²) in [5.74, 6) is 0. The zero-order valence-electron chi connectivity index (χ0n) is 9.90. The molecule has 0 unspecified atom stereocenters. The highest BCUT2D eigenvalue weighted by Gasteiger charge is 2.17. The molecule has 2 nitrogen and oxygen atoms in total. The Labute approximate surface area is 102 Å². The van der Waals surface area contributed by atoms with Crippen molar-refractivity contribution in [3.05, 3.63) is 59.7 Å². The van der Waals surface area contributed by atoms with Crippen LogP contribution in [0.5, 0.6) is 0 Å². The molecule has 0 amide bonds. The van der Waals surface area contributed by atoms with Gasteiger partial charge in [0.1, 0.15) is 0 Å². The lowest BCUT2D eigenvalue weighted by atomic mass is 10.0. The lowest BCUT2D eigenvalue weighted by molar-refractivity contribution is 0.803. The van der Waals surface area contributed by atoms with E-state index in [9.17, 15) is 0 Å². The summed E-state index contributed by atoms with van der Waals surface area (Å²) in [4.78, 5) is 0. The van der Waals surface area contributed by atoms with E-state index in [1.807, 2.05) is 0 Å². The van der Waals surface area contributed by atoms with Gasteiger partial charge in [-0.05, 0) is 24.6 Å². The zero-order valence-corrected chi connectivity index (χ0v) is 9.90. The third-order valence-electron chi connectivity index (χ3n) is 3.23. The molecule has 1 aliphatic rings. The highest BCUT2D eigenvalue weighted by Crippen LogP contribution is 2.30. The van der Waals surface area contributed by atoms with Crippen molar-refractivity contribution in [3.8, 4) is 0 Å². The first kappa shape index (κ1) is 10.2. The molecule has 2 aromatic rings. The van der Waals surface area contributed by atoms with Crippen LogP contribution in [0.1, 0.15) is 17.2 Å². The molecule has 0 fully saturated rings. The maximum atomic E-state index is 3.57. The van der Waals surface area contributed by atoms with Gasteiger partial charge in [-0.25, -0.2) is 0 Å². The maximum absolute atomic E-state index is 3.57. The minimum atomic E-state index is 0.352. The number of rotatable bonds is 1. The molecule has 0 radical (unpaired) electrons. The molecular formula is C15H16N2. The fraction of sp³-hybridized carbons (Fsp3) is 0.200. The van der Waals surface area contributed by atoms with Gasteiger partial charge < -0.3 is 10.6 Å². The highest BCUT2D eigenvalue weighted by atomic mass is 15.1. The summed E-state index contributed by atoms with van der Waals surface area (Å²) in [7, 11) is 0. The van der Waals surface area contributed by atoms with E-state index in [-0.39, 0.29) is 0 Å². The molecule has 0 saturated heterocycles. The summed E-state index contributed by atoms with van der Waals surface area (Å²) in [6, 6.07) is 17.4. The van der Waals surface area contributed by atoms with Gasteiger partial charge in [0.25, 0.3) is 0 Å². The van der Waals surface area contributed by atoms with Crippen LogP contribution in [0, 0.1) is 6.92 Å². The van der Waals surface area contributed by atoms with Crippen LogP contribution in [-0.4, -0.2) is 6.54 Å². The molecule has 1 aliphatic heterocycles. The minimum Gasteiger partial charge on any atom is -0.381 e. The van der Waals surface area contributed by atoms with Crippen molar-refractivity contribution >= 4 is 11.4 Å². The number of hydrogen-bond donors (Lipinski definition) is 2. The van der Waals surface area contributed by atoms with Crippen molar-refractivity contribution in [2.45, 2.75) is 13.0 Å². The predicted molar refractivity (Wildman–Crippen MR) is 72.5 cm³/mol. The zero-order chi connectivity index (χ0) is 11.7. The SMILES string of the molecule is Cc1ccc([C@H]2CNc3ccccc3N2)cc1. The predicted octanol–water partition coefficient (Wildman–Crippen LogP) is 3.57. The van der Waals surface area contributed by atoms with Gasteiger partial charge in [0.15, 0.2) is 0 Å². The number of hydrogen-bond acceptors (Lipinski definition) is 2. The van der Waals surface area contributed by atoms with Gasteiger partial charge in [-0.15, -0.1) is 0 Å². The quantitative estimate of drug-likeness (QED) is 0.773. The van der Waals surface area contributed by atoms with E-state index in [4.69, 9.17) is 0 Å². The Morgan fingerprint density at radius 1 is 0.941 bits per heavy atom. The fourth-order valence-corrected chi connectivity index (χ4v) is 2.21. The van der Waals surface area contributed by atoms with Gasteiger partial charge in [0, 0.05) is 6.54 Å². The van der Waals surface area contributed by atoms with Crippen LogP contribution in [0.15, 0.2) is 48.5 Å². The summed E-state index contributed by atoms with van der Waals surface area (Å²) < 4.78 is 0. The van der Waals surface area contributed by atoms with Gasteiger partial charge in [-0.3, -0.25) is 0 Å². The first-order valence-corrected chi connectivity index (χ1v) is 5.99. The molecule has 2 heteroatoms. The van der Waals surface area contributed by atoms with Gasteiger partial charge >= 0.3 is 0 Å². The summed E-state index contributed by atoms with van der Waals surface area (Å²) in [6.45, 7) is 3.05. The number of fused-ring (bicyclic) bond motifs is 1. The Kier molecular flexibility index (Phi) is 2.48. The molecule has 1 heterocycles. The number of anilines is 2. The van der Waals surface area contributed by atoms with Gasteiger partial charge in [0.2, 0.25) is 0 Å². The summed E-state index contributed by atoms with van der Waals surface area (Å²) in [5.41, 5.74) is 5.01. The standard InChI is InChI=1S/C15H16N2/c1-11-6-8-12(9-7-11)15-10-16-13-4-2-3-5-14(13)17-15/h2-9,15-17H,10H2,1H3/t15-/m1/s1. The largest absolute Gasteiger partial charge is 0.381 e. The van der Waals surface area contributed by atoms with Crippen molar-refractivity contribution < 1.29 is 0 Å². The van der Waals surface area contributed by atoms with Crippen LogP contribution in [0.3, 0.4) is 0 Å². The third kappa shape index (κ3) is 1.98. The highest BCUT2D eigenvalue weighted by molar-refractivity contribution is 5.71. The van der Waals surface area contributed by atoms with E-state index in [1.54, 1.807) is 0 Å². The smallest absolute Gasteiger partial charge is 0.0687 e. The second-order valence-corrected chi connectivity index (χ2v) is 4.53. The topological polar surface area (TPSA) is 24.1 Å². The van der Waals surface area contributed by atoms with Crippen molar-refractivity contribution in [2.24, 2.45) is 0 Å². The molecule has 17 heavy (non-hydrogen) atoms. The Morgan fingerprint density at radius 3 is 2.41 bits per heavy atom. The normalized spacial score (nSPS) is 17.8. The fourth-order valence-electron chi connectivity index (χ4n) is 2.21. The van der Waals surface area contributed by atoms with Crippen LogP contribution in [0.2, 0.25) is 0 Å². The molecule has 0 bridgehead atoms. The van der Waals surface area contributed by atoms with Gasteiger partial charge in [-0.1, -0.05) is 42.0 Å². The number of nitrogens with one attached hydrogen (secondary N) is 2. The minimum absolute atomic E-state index is 0.352. The molecule has 2 aromatic carbocycles.